The number of alkyl halides is 6. The van der Waals surface area contributed by atoms with E-state index in [0.717, 1.165) is 23.0 Å². The highest BCUT2D eigenvalue weighted by molar-refractivity contribution is 6.28. The van der Waals surface area contributed by atoms with Crippen molar-refractivity contribution in [2.45, 2.75) is 45.3 Å². The summed E-state index contributed by atoms with van der Waals surface area (Å²) < 4.78 is 78.6. The van der Waals surface area contributed by atoms with Crippen LogP contribution >= 0.6 is 11.6 Å². The van der Waals surface area contributed by atoms with Gasteiger partial charge >= 0.3 is 12.4 Å². The molecule has 2 aromatic heterocycles. The molecule has 0 radical (unpaired) electrons. The van der Waals surface area contributed by atoms with Crippen LogP contribution in [0.1, 0.15) is 36.1 Å². The molecule has 3 N–H and O–H groups in total. The van der Waals surface area contributed by atoms with Crippen LogP contribution in [-0.2, 0) is 25.4 Å². The molecule has 4 aromatic carbocycles. The van der Waals surface area contributed by atoms with Crippen LogP contribution in [0.3, 0.4) is 0 Å². The first-order valence-corrected chi connectivity index (χ1v) is 15.4. The number of para-hydroxylation sites is 2. The number of hydrogen-bond acceptors (Lipinski definition) is 7. The van der Waals surface area contributed by atoms with Gasteiger partial charge in [0.25, 0.3) is 0 Å². The topological polar surface area (TPSA) is 87.7 Å². The Hall–Kier alpha value is -5.17. The Morgan fingerprint density at radius 3 is 1.49 bits per heavy atom. The number of aromatic nitrogens is 4. The number of nitrogens with zero attached hydrogens (tertiary/aromatic N) is 4. The molecule has 0 saturated heterocycles. The van der Waals surface area contributed by atoms with Gasteiger partial charge in [-0.2, -0.15) is 31.3 Å². The third kappa shape index (κ3) is 9.05. The minimum atomic E-state index is -4.40. The summed E-state index contributed by atoms with van der Waals surface area (Å²) in [5.41, 5.74) is 0.333. The molecule has 2 heterocycles. The van der Waals surface area contributed by atoms with Gasteiger partial charge in [-0.15, -0.1) is 0 Å². The molecule has 0 unspecified atom stereocenters. The third-order valence-corrected chi connectivity index (χ3v) is 7.30. The summed E-state index contributed by atoms with van der Waals surface area (Å²) in [4.78, 5) is 17.0. The molecule has 0 amide bonds. The maximum absolute atomic E-state index is 13.2. The Morgan fingerprint density at radius 2 is 1.00 bits per heavy atom. The molecular formula is C35H30ClF6N7. The number of anilines is 3. The highest BCUT2D eigenvalue weighted by Crippen LogP contribution is 2.34. The van der Waals surface area contributed by atoms with Gasteiger partial charge in [0.2, 0.25) is 11.2 Å². The fourth-order valence-electron chi connectivity index (χ4n) is 4.98. The Kier molecular flexibility index (Phi) is 10.7. The van der Waals surface area contributed by atoms with Crippen LogP contribution < -0.4 is 16.0 Å². The van der Waals surface area contributed by atoms with Gasteiger partial charge in [0, 0.05) is 29.9 Å². The summed E-state index contributed by atoms with van der Waals surface area (Å²) in [6, 6.07) is 25.6. The Labute approximate surface area is 282 Å². The monoisotopic (exact) mass is 697 g/mol. The van der Waals surface area contributed by atoms with E-state index in [0.29, 0.717) is 28.5 Å². The molecule has 0 aliphatic rings. The van der Waals surface area contributed by atoms with Crippen molar-refractivity contribution in [2.75, 3.05) is 16.0 Å². The van der Waals surface area contributed by atoms with Gasteiger partial charge in [-0.3, -0.25) is 0 Å². The van der Waals surface area contributed by atoms with Crippen molar-refractivity contribution in [3.05, 3.63) is 125 Å². The zero-order valence-corrected chi connectivity index (χ0v) is 26.9. The second kappa shape index (κ2) is 14.9. The Balaban J connectivity index is 0.000000192. The fourth-order valence-corrected chi connectivity index (χ4v) is 5.15. The lowest BCUT2D eigenvalue weighted by atomic mass is 10.1. The molecule has 0 saturated carbocycles. The molecular weight excluding hydrogens is 668 g/mol. The first-order chi connectivity index (χ1) is 23.3. The lowest BCUT2D eigenvalue weighted by molar-refractivity contribution is -0.139. The van der Waals surface area contributed by atoms with Crippen LogP contribution in [0.4, 0.5) is 43.9 Å². The van der Waals surface area contributed by atoms with Crippen molar-refractivity contribution in [1.29, 1.82) is 0 Å². The van der Waals surface area contributed by atoms with Crippen molar-refractivity contribution in [1.82, 2.24) is 19.9 Å². The van der Waals surface area contributed by atoms with Gasteiger partial charge in [-0.05, 0) is 73.0 Å². The van der Waals surface area contributed by atoms with Gasteiger partial charge in [0.05, 0.1) is 22.2 Å². The molecule has 0 aliphatic heterocycles. The zero-order valence-electron chi connectivity index (χ0n) is 26.2. The van der Waals surface area contributed by atoms with E-state index in [1.807, 2.05) is 38.1 Å². The van der Waals surface area contributed by atoms with Crippen molar-refractivity contribution in [3.63, 3.8) is 0 Å². The van der Waals surface area contributed by atoms with E-state index in [1.54, 1.807) is 36.4 Å². The van der Waals surface area contributed by atoms with Gasteiger partial charge < -0.3 is 16.0 Å². The van der Waals surface area contributed by atoms with Crippen LogP contribution in [0.15, 0.2) is 97.1 Å². The van der Waals surface area contributed by atoms with E-state index in [9.17, 15) is 26.3 Å². The molecule has 49 heavy (non-hydrogen) atoms. The number of benzene rings is 4. The first-order valence-electron chi connectivity index (χ1n) is 15.0. The summed E-state index contributed by atoms with van der Waals surface area (Å²) in [5, 5.41) is 10.6. The molecule has 6 aromatic rings. The van der Waals surface area contributed by atoms with Gasteiger partial charge in [0.15, 0.2) is 0 Å². The zero-order chi connectivity index (χ0) is 35.2. The highest BCUT2D eigenvalue weighted by Gasteiger charge is 2.33. The summed E-state index contributed by atoms with van der Waals surface area (Å²) >= 11 is 5.87. The molecule has 14 heteroatoms. The van der Waals surface area contributed by atoms with Crippen molar-refractivity contribution in [2.24, 2.45) is 0 Å². The SMILES string of the molecule is CC(C)Nc1nc(NCc2ccccc2C(F)(F)F)c2ccccc2n1.FC(F)(F)c1ccccc1CNc1nc(Cl)nc2ccccc12. The quantitative estimate of drug-likeness (QED) is 0.108. The predicted octanol–water partition coefficient (Wildman–Crippen LogP) is 10.00. The highest BCUT2D eigenvalue weighted by atomic mass is 35.5. The van der Waals surface area contributed by atoms with E-state index >= 15 is 0 Å². The van der Waals surface area contributed by atoms with Crippen molar-refractivity contribution >= 4 is 51.0 Å². The molecule has 0 bridgehead atoms. The fraction of sp³-hybridized carbons (Fsp3) is 0.200. The van der Waals surface area contributed by atoms with Gasteiger partial charge in [-0.25, -0.2) is 15.0 Å². The van der Waals surface area contributed by atoms with Crippen LogP contribution in [0.25, 0.3) is 21.8 Å². The number of halogens is 7. The van der Waals surface area contributed by atoms with Crippen molar-refractivity contribution in [3.8, 4) is 0 Å². The lowest BCUT2D eigenvalue weighted by Crippen LogP contribution is -2.15. The van der Waals surface area contributed by atoms with E-state index < -0.39 is 23.5 Å². The first kappa shape index (κ1) is 35.1. The minimum absolute atomic E-state index is 0.0117. The molecule has 0 spiro atoms. The maximum atomic E-state index is 13.2. The van der Waals surface area contributed by atoms with Crippen LogP contribution in [0.5, 0.6) is 0 Å². The van der Waals surface area contributed by atoms with E-state index in [4.69, 9.17) is 11.6 Å². The van der Waals surface area contributed by atoms with Crippen LogP contribution in [0.2, 0.25) is 5.28 Å². The molecule has 7 nitrogen and oxygen atoms in total. The Bertz CT molecular complexity index is 2050. The molecule has 254 valence electrons. The van der Waals surface area contributed by atoms with E-state index in [-0.39, 0.29) is 35.5 Å². The van der Waals surface area contributed by atoms with Gasteiger partial charge in [-0.1, -0.05) is 60.7 Å². The van der Waals surface area contributed by atoms with Crippen LogP contribution in [0, 0.1) is 0 Å². The third-order valence-electron chi connectivity index (χ3n) is 7.14. The largest absolute Gasteiger partial charge is 0.416 e. The second-order valence-electron chi connectivity index (χ2n) is 11.1. The molecule has 0 aliphatic carbocycles. The Morgan fingerprint density at radius 1 is 0.571 bits per heavy atom. The van der Waals surface area contributed by atoms with E-state index in [1.165, 1.54) is 24.3 Å². The number of rotatable bonds is 8. The predicted molar refractivity (Wildman–Crippen MR) is 180 cm³/mol. The van der Waals surface area contributed by atoms with Crippen molar-refractivity contribution < 1.29 is 26.3 Å². The number of fused-ring (bicyclic) bond motifs is 2. The van der Waals surface area contributed by atoms with E-state index in [2.05, 4.69) is 35.9 Å². The normalized spacial score (nSPS) is 11.7. The number of hydrogen-bond donors (Lipinski definition) is 3. The summed E-state index contributed by atoms with van der Waals surface area (Å²) in [5.74, 6) is 1.33. The van der Waals surface area contributed by atoms with Gasteiger partial charge in [0.1, 0.15) is 11.6 Å². The van der Waals surface area contributed by atoms with Crippen LogP contribution in [-0.4, -0.2) is 26.0 Å². The second-order valence-corrected chi connectivity index (χ2v) is 11.4. The molecule has 6 rings (SSSR count). The number of nitrogens with one attached hydrogen (secondary N) is 3. The lowest BCUT2D eigenvalue weighted by Gasteiger charge is -2.16. The summed E-state index contributed by atoms with van der Waals surface area (Å²) in [6.45, 7) is 3.92. The smallest absolute Gasteiger partial charge is 0.365 e. The average molecular weight is 698 g/mol. The standard InChI is InChI=1S/C19H19F3N4.C16H11ClF3N3/c1-12(2)24-18-25-16-10-6-4-8-14(16)17(26-18)23-11-13-7-3-5-9-15(13)19(20,21)22;17-15-22-13-8-4-2-6-11(13)14(23-15)21-9-10-5-1-3-7-12(10)16(18,19)20/h3-10,12H,11H2,1-2H3,(H2,23,24,25,26);1-8H,9H2,(H,21,22,23). The molecule has 0 atom stereocenters. The minimum Gasteiger partial charge on any atom is -0.365 e. The summed E-state index contributed by atoms with van der Waals surface area (Å²) in [6.07, 6.45) is -8.79. The maximum Gasteiger partial charge on any atom is 0.416 e. The summed E-state index contributed by atoms with van der Waals surface area (Å²) in [7, 11) is 0. The average Bonchev–Trinajstić information content (AvgIpc) is 3.05. The molecule has 0 fully saturated rings.